The first-order valence-corrected chi connectivity index (χ1v) is 11.0. The van der Waals surface area contributed by atoms with E-state index in [0.29, 0.717) is 18.4 Å². The van der Waals surface area contributed by atoms with Crippen LogP contribution in [0.3, 0.4) is 0 Å². The van der Waals surface area contributed by atoms with E-state index in [2.05, 4.69) is 26.6 Å². The van der Waals surface area contributed by atoms with E-state index < -0.39 is 29.2 Å². The van der Waals surface area contributed by atoms with Crippen LogP contribution in [0.1, 0.15) is 50.3 Å². The molecule has 1 heterocycles. The molecular weight excluding hydrogens is 465 g/mol. The Hall–Kier alpha value is -2.74. The molecule has 31 heavy (non-hydrogen) atoms. The number of nitrogens with zero attached hydrogens (tertiary/aromatic N) is 1. The van der Waals surface area contributed by atoms with Crippen LogP contribution in [0.4, 0.5) is 9.18 Å². The summed E-state index contributed by atoms with van der Waals surface area (Å²) in [6, 6.07) is 12.1. The van der Waals surface area contributed by atoms with E-state index in [4.69, 9.17) is 0 Å². The first kappa shape index (κ1) is 22.9. The second-order valence-electron chi connectivity index (χ2n) is 7.68. The summed E-state index contributed by atoms with van der Waals surface area (Å²) in [5, 5.41) is 5.59. The number of unbranched alkanes of at least 4 members (excludes halogenated alkanes) is 1. The summed E-state index contributed by atoms with van der Waals surface area (Å²) < 4.78 is 14.3. The van der Waals surface area contributed by atoms with Gasteiger partial charge in [0.1, 0.15) is 17.9 Å². The lowest BCUT2D eigenvalue weighted by Gasteiger charge is -2.27. The van der Waals surface area contributed by atoms with Crippen molar-refractivity contribution in [2.24, 2.45) is 0 Å². The van der Waals surface area contributed by atoms with Crippen LogP contribution >= 0.6 is 15.9 Å². The molecule has 0 saturated carbocycles. The van der Waals surface area contributed by atoms with Crippen molar-refractivity contribution in [2.75, 3.05) is 6.54 Å². The number of carbonyl (C=O) groups is 3. The second-order valence-corrected chi connectivity index (χ2v) is 8.59. The Morgan fingerprint density at radius 3 is 2.42 bits per heavy atom. The van der Waals surface area contributed by atoms with Crippen LogP contribution in [0.5, 0.6) is 0 Å². The van der Waals surface area contributed by atoms with Gasteiger partial charge in [-0.05, 0) is 48.7 Å². The third-order valence-electron chi connectivity index (χ3n) is 5.47. The zero-order valence-corrected chi connectivity index (χ0v) is 19.0. The topological polar surface area (TPSA) is 78.5 Å². The van der Waals surface area contributed by atoms with Gasteiger partial charge in [0.15, 0.2) is 0 Å². The van der Waals surface area contributed by atoms with Gasteiger partial charge in [0, 0.05) is 4.47 Å². The van der Waals surface area contributed by atoms with Gasteiger partial charge in [0.05, 0.1) is 6.04 Å². The number of nitrogens with one attached hydrogen (secondary N) is 2. The largest absolute Gasteiger partial charge is 0.348 e. The number of urea groups is 1. The van der Waals surface area contributed by atoms with Gasteiger partial charge in [-0.1, -0.05) is 60.0 Å². The summed E-state index contributed by atoms with van der Waals surface area (Å²) >= 11 is 3.37. The molecule has 0 radical (unpaired) electrons. The lowest BCUT2D eigenvalue weighted by Crippen LogP contribution is -2.45. The number of carbonyl (C=O) groups excluding carboxylic acids is 3. The van der Waals surface area contributed by atoms with Crippen molar-refractivity contribution in [3.05, 3.63) is 69.9 Å². The maximum atomic E-state index is 13.4. The van der Waals surface area contributed by atoms with Gasteiger partial charge >= 0.3 is 6.03 Å². The summed E-state index contributed by atoms with van der Waals surface area (Å²) in [6.07, 6.45) is 1.87. The smallest absolute Gasteiger partial charge is 0.325 e. The van der Waals surface area contributed by atoms with Gasteiger partial charge in [-0.25, -0.2) is 9.18 Å². The van der Waals surface area contributed by atoms with Crippen LogP contribution in [0.2, 0.25) is 0 Å². The van der Waals surface area contributed by atoms with Crippen LogP contribution in [-0.2, 0) is 15.1 Å². The summed E-state index contributed by atoms with van der Waals surface area (Å²) in [5.41, 5.74) is 0.113. The molecule has 0 aromatic heterocycles. The number of amides is 4. The number of hydrogen-bond acceptors (Lipinski definition) is 3. The summed E-state index contributed by atoms with van der Waals surface area (Å²) in [7, 11) is 0. The Balaban J connectivity index is 1.76. The molecule has 8 heteroatoms. The van der Waals surface area contributed by atoms with Crippen LogP contribution in [0, 0.1) is 5.82 Å². The van der Waals surface area contributed by atoms with Crippen molar-refractivity contribution in [1.29, 1.82) is 0 Å². The lowest BCUT2D eigenvalue weighted by molar-refractivity contribution is -0.135. The molecule has 0 spiro atoms. The van der Waals surface area contributed by atoms with E-state index in [-0.39, 0.29) is 12.6 Å². The highest BCUT2D eigenvalue weighted by Crippen LogP contribution is 2.34. The minimum Gasteiger partial charge on any atom is -0.348 e. The van der Waals surface area contributed by atoms with E-state index in [9.17, 15) is 18.8 Å². The zero-order valence-electron chi connectivity index (χ0n) is 17.5. The summed E-state index contributed by atoms with van der Waals surface area (Å²) in [5.74, 6) is -1.36. The van der Waals surface area contributed by atoms with E-state index >= 15 is 0 Å². The quantitative estimate of drug-likeness (QED) is 0.539. The normalized spacial score (nSPS) is 19.3. The molecule has 2 N–H and O–H groups in total. The Morgan fingerprint density at radius 1 is 1.16 bits per heavy atom. The Labute approximate surface area is 189 Å². The fraction of sp³-hybridized carbons (Fsp3) is 0.348. The van der Waals surface area contributed by atoms with Crippen LogP contribution in [-0.4, -0.2) is 29.3 Å². The molecule has 2 aromatic carbocycles. The minimum atomic E-state index is -1.29. The minimum absolute atomic E-state index is 0.289. The average molecular weight is 490 g/mol. The highest BCUT2D eigenvalue weighted by molar-refractivity contribution is 9.10. The van der Waals surface area contributed by atoms with Crippen molar-refractivity contribution in [2.45, 2.75) is 44.7 Å². The number of halogens is 2. The van der Waals surface area contributed by atoms with Crippen molar-refractivity contribution >= 4 is 33.8 Å². The predicted octanol–water partition coefficient (Wildman–Crippen LogP) is 4.40. The van der Waals surface area contributed by atoms with E-state index in [0.717, 1.165) is 21.4 Å². The molecule has 1 aliphatic heterocycles. The Morgan fingerprint density at radius 2 is 1.81 bits per heavy atom. The molecule has 0 aliphatic carbocycles. The van der Waals surface area contributed by atoms with Gasteiger partial charge in [0.2, 0.25) is 5.91 Å². The number of imide groups is 1. The molecule has 2 unspecified atom stereocenters. The highest BCUT2D eigenvalue weighted by atomic mass is 79.9. The third-order valence-corrected chi connectivity index (χ3v) is 6.00. The van der Waals surface area contributed by atoms with Crippen LogP contribution < -0.4 is 10.6 Å². The maximum Gasteiger partial charge on any atom is 0.325 e. The molecule has 2 atom stereocenters. The fourth-order valence-electron chi connectivity index (χ4n) is 3.72. The lowest BCUT2D eigenvalue weighted by atomic mass is 9.85. The van der Waals surface area contributed by atoms with E-state index in [1.807, 2.05) is 38.1 Å². The average Bonchev–Trinajstić information content (AvgIpc) is 2.98. The molecule has 2 aromatic rings. The molecule has 1 aliphatic rings. The van der Waals surface area contributed by atoms with Crippen LogP contribution in [0.25, 0.3) is 0 Å². The van der Waals surface area contributed by atoms with Crippen LogP contribution in [0.15, 0.2) is 53.0 Å². The highest BCUT2D eigenvalue weighted by Gasteiger charge is 2.52. The Bertz CT molecular complexity index is 965. The fourth-order valence-corrected chi connectivity index (χ4v) is 3.99. The molecule has 1 fully saturated rings. The number of rotatable bonds is 8. The van der Waals surface area contributed by atoms with E-state index in [1.54, 1.807) is 0 Å². The number of hydrogen-bond donors (Lipinski definition) is 2. The molecule has 4 amide bonds. The van der Waals surface area contributed by atoms with Gasteiger partial charge in [-0.3, -0.25) is 14.5 Å². The molecule has 6 nitrogen and oxygen atoms in total. The standard InChI is InChI=1S/C23H25BrFN3O3/c1-3-4-13-23(17-7-11-19(25)12-8-17)21(30)28(22(31)27-23)14-20(29)26-15(2)16-5-9-18(24)10-6-16/h5-12,15H,3-4,13-14H2,1-2H3,(H,26,29)(H,27,31). The second kappa shape index (κ2) is 9.60. The third kappa shape index (κ3) is 4.95. The molecule has 1 saturated heterocycles. The summed E-state index contributed by atoms with van der Waals surface area (Å²) in [4.78, 5) is 39.5. The van der Waals surface area contributed by atoms with Crippen molar-refractivity contribution < 1.29 is 18.8 Å². The zero-order chi connectivity index (χ0) is 22.6. The van der Waals surface area contributed by atoms with Gasteiger partial charge in [0.25, 0.3) is 5.91 Å². The SMILES string of the molecule is CCCCC1(c2ccc(F)cc2)NC(=O)N(CC(=O)NC(C)c2ccc(Br)cc2)C1=O. The molecular formula is C23H25BrFN3O3. The summed E-state index contributed by atoms with van der Waals surface area (Å²) in [6.45, 7) is 3.42. The first-order valence-electron chi connectivity index (χ1n) is 10.2. The van der Waals surface area contributed by atoms with Gasteiger partial charge in [-0.2, -0.15) is 0 Å². The van der Waals surface area contributed by atoms with Gasteiger partial charge < -0.3 is 10.6 Å². The molecule has 3 rings (SSSR count). The predicted molar refractivity (Wildman–Crippen MR) is 119 cm³/mol. The number of benzene rings is 2. The first-order chi connectivity index (χ1) is 14.8. The van der Waals surface area contributed by atoms with Crippen molar-refractivity contribution in [1.82, 2.24) is 15.5 Å². The molecule has 164 valence electrons. The molecule has 0 bridgehead atoms. The van der Waals surface area contributed by atoms with Gasteiger partial charge in [-0.15, -0.1) is 0 Å². The Kier molecular flexibility index (Phi) is 7.10. The van der Waals surface area contributed by atoms with Crippen molar-refractivity contribution in [3.8, 4) is 0 Å². The van der Waals surface area contributed by atoms with E-state index in [1.165, 1.54) is 24.3 Å². The maximum absolute atomic E-state index is 13.4. The monoisotopic (exact) mass is 489 g/mol. The van der Waals surface area contributed by atoms with Crippen molar-refractivity contribution in [3.63, 3.8) is 0 Å².